The van der Waals surface area contributed by atoms with Gasteiger partial charge < -0.3 is 29.3 Å². The first kappa shape index (κ1) is 30.4. The van der Waals surface area contributed by atoms with E-state index in [4.69, 9.17) is 13.6 Å². The lowest BCUT2D eigenvalue weighted by Gasteiger charge is -2.12. The summed E-state index contributed by atoms with van der Waals surface area (Å²) in [6, 6.07) is 30.8. The van der Waals surface area contributed by atoms with Gasteiger partial charge in [0.1, 0.15) is 40.0 Å². The number of fused-ring (bicyclic) bond motifs is 1. The van der Waals surface area contributed by atoms with Crippen LogP contribution in [-0.4, -0.2) is 30.9 Å². The first-order valence-corrected chi connectivity index (χ1v) is 14.8. The predicted molar refractivity (Wildman–Crippen MR) is 182 cm³/mol. The Kier molecular flexibility index (Phi) is 8.19. The third-order valence-corrected chi connectivity index (χ3v) is 7.11. The van der Waals surface area contributed by atoms with Crippen LogP contribution in [0.2, 0.25) is 0 Å². The highest BCUT2D eigenvalue weighted by Gasteiger charge is 2.16. The highest BCUT2D eigenvalue weighted by Crippen LogP contribution is 2.29. The van der Waals surface area contributed by atoms with Crippen LogP contribution < -0.4 is 15.4 Å². The fourth-order valence-electron chi connectivity index (χ4n) is 4.76. The van der Waals surface area contributed by atoms with Gasteiger partial charge in [0.15, 0.2) is 11.5 Å². The minimum absolute atomic E-state index is 0.0806. The molecule has 240 valence electrons. The zero-order valence-electron chi connectivity index (χ0n) is 25.3. The van der Waals surface area contributed by atoms with Gasteiger partial charge in [-0.05, 0) is 97.1 Å². The first-order valence-electron chi connectivity index (χ1n) is 14.8. The molecule has 7 aromatic rings. The van der Waals surface area contributed by atoms with E-state index in [2.05, 4.69) is 25.6 Å². The molecule has 0 fully saturated rings. The van der Waals surface area contributed by atoms with Crippen molar-refractivity contribution in [2.24, 2.45) is 0 Å². The second kappa shape index (κ2) is 13.2. The summed E-state index contributed by atoms with van der Waals surface area (Å²) in [4.78, 5) is 37.1. The van der Waals surface area contributed by atoms with Crippen LogP contribution >= 0.6 is 0 Å². The van der Waals surface area contributed by atoms with Crippen LogP contribution in [0.25, 0.3) is 34.5 Å². The summed E-state index contributed by atoms with van der Waals surface area (Å²) in [7, 11) is 0. The maximum atomic E-state index is 13.2. The van der Waals surface area contributed by atoms with Gasteiger partial charge in [-0.1, -0.05) is 18.2 Å². The number of amides is 1. The second-order valence-electron chi connectivity index (χ2n) is 10.5. The van der Waals surface area contributed by atoms with Gasteiger partial charge >= 0.3 is 5.88 Å². The molecule has 3 N–H and O–H groups in total. The maximum Gasteiger partial charge on any atom is 0.433 e. The van der Waals surface area contributed by atoms with E-state index in [-0.39, 0.29) is 29.0 Å². The standard InChI is InChI=1S/C36H24N6O7/c43-25-11-8-23(9-12-25)37-34-29-20-24(10-17-30(29)39-32(41-34)18-15-28-16-19-33(49-28)42(45)46)38-35(44)31-21-47-36(40-31)22-6-13-27(14-7-22)48-26-4-2-1-3-5-26/h1-21,43H,(H,38,44)(H,37,39,41)/b18-15+. The van der Waals surface area contributed by atoms with Gasteiger partial charge in [-0.25, -0.2) is 15.0 Å². The lowest BCUT2D eigenvalue weighted by atomic mass is 10.2. The van der Waals surface area contributed by atoms with Crippen molar-refractivity contribution in [3.8, 4) is 28.7 Å². The summed E-state index contributed by atoms with van der Waals surface area (Å²) in [6.45, 7) is 0. The molecule has 1 amide bonds. The number of furan rings is 1. The van der Waals surface area contributed by atoms with Gasteiger partial charge in [0.2, 0.25) is 5.89 Å². The summed E-state index contributed by atoms with van der Waals surface area (Å²) in [5.41, 5.74) is 2.38. The summed E-state index contributed by atoms with van der Waals surface area (Å²) >= 11 is 0. The summed E-state index contributed by atoms with van der Waals surface area (Å²) in [6.07, 6.45) is 4.37. The Balaban J connectivity index is 1.11. The molecule has 0 aliphatic carbocycles. The molecule has 0 atom stereocenters. The number of rotatable bonds is 10. The molecule has 0 aliphatic heterocycles. The Morgan fingerprint density at radius 2 is 1.59 bits per heavy atom. The molecule has 0 spiro atoms. The van der Waals surface area contributed by atoms with Crippen LogP contribution in [0, 0.1) is 10.1 Å². The molecule has 13 nitrogen and oxygen atoms in total. The van der Waals surface area contributed by atoms with E-state index in [0.29, 0.717) is 51.0 Å². The molecule has 3 aromatic heterocycles. The van der Waals surface area contributed by atoms with Crippen LogP contribution in [-0.2, 0) is 0 Å². The second-order valence-corrected chi connectivity index (χ2v) is 10.5. The van der Waals surface area contributed by atoms with Crippen molar-refractivity contribution in [1.29, 1.82) is 0 Å². The fourth-order valence-corrected chi connectivity index (χ4v) is 4.76. The molecule has 4 aromatic carbocycles. The Morgan fingerprint density at radius 1 is 0.837 bits per heavy atom. The number of benzene rings is 4. The van der Waals surface area contributed by atoms with Crippen molar-refractivity contribution in [3.63, 3.8) is 0 Å². The minimum atomic E-state index is -0.622. The fraction of sp³-hybridized carbons (Fsp3) is 0. The number of phenols is 1. The van der Waals surface area contributed by atoms with Gasteiger partial charge in [0.05, 0.1) is 11.6 Å². The van der Waals surface area contributed by atoms with E-state index in [1.165, 1.54) is 36.6 Å². The molecule has 0 radical (unpaired) electrons. The molecule has 0 unspecified atom stereocenters. The van der Waals surface area contributed by atoms with Crippen molar-refractivity contribution >= 4 is 52.0 Å². The van der Waals surface area contributed by atoms with E-state index >= 15 is 0 Å². The van der Waals surface area contributed by atoms with Crippen LogP contribution in [0.1, 0.15) is 22.1 Å². The van der Waals surface area contributed by atoms with Gasteiger partial charge in [-0.15, -0.1) is 0 Å². The molecule has 0 saturated carbocycles. The zero-order valence-corrected chi connectivity index (χ0v) is 25.3. The smallest absolute Gasteiger partial charge is 0.433 e. The Bertz CT molecular complexity index is 2320. The SMILES string of the molecule is O=C(Nc1ccc2nc(/C=C/c3ccc([N+](=O)[O-])o3)nc(Nc3ccc(O)cc3)c2c1)c1coc(-c2ccc(Oc3ccccc3)cc2)n1. The van der Waals surface area contributed by atoms with Gasteiger partial charge in [0, 0.05) is 22.3 Å². The highest BCUT2D eigenvalue weighted by atomic mass is 16.6. The summed E-state index contributed by atoms with van der Waals surface area (Å²) in [5.74, 6) is 1.81. The lowest BCUT2D eigenvalue weighted by molar-refractivity contribution is -0.402. The maximum absolute atomic E-state index is 13.2. The largest absolute Gasteiger partial charge is 0.508 e. The predicted octanol–water partition coefficient (Wildman–Crippen LogP) is 8.45. The Morgan fingerprint density at radius 3 is 2.35 bits per heavy atom. The van der Waals surface area contributed by atoms with Gasteiger partial charge in [-0.3, -0.25) is 14.9 Å². The van der Waals surface area contributed by atoms with Crippen molar-refractivity contribution in [1.82, 2.24) is 15.0 Å². The number of phenolic OH excluding ortho intramolecular Hbond substituents is 1. The molecular weight excluding hydrogens is 628 g/mol. The van der Waals surface area contributed by atoms with E-state index in [1.807, 2.05) is 30.3 Å². The molecular formula is C36H24N6O7. The summed E-state index contributed by atoms with van der Waals surface area (Å²) in [5, 5.41) is 27.3. The van der Waals surface area contributed by atoms with E-state index in [1.54, 1.807) is 60.7 Å². The molecule has 0 saturated heterocycles. The van der Waals surface area contributed by atoms with Crippen LogP contribution in [0.4, 0.5) is 23.1 Å². The highest BCUT2D eigenvalue weighted by molar-refractivity contribution is 6.04. The molecule has 0 aliphatic rings. The number of nitrogens with one attached hydrogen (secondary N) is 2. The first-order chi connectivity index (χ1) is 23.9. The van der Waals surface area contributed by atoms with Gasteiger partial charge in [-0.2, -0.15) is 0 Å². The molecule has 3 heterocycles. The number of ether oxygens (including phenoxy) is 1. The topological polar surface area (TPSA) is 179 Å². The normalized spacial score (nSPS) is 11.1. The van der Waals surface area contributed by atoms with E-state index in [9.17, 15) is 20.0 Å². The zero-order chi connectivity index (χ0) is 33.7. The van der Waals surface area contributed by atoms with E-state index in [0.717, 1.165) is 0 Å². The number of nitro groups is 1. The third-order valence-electron chi connectivity index (χ3n) is 7.11. The molecule has 13 heteroatoms. The molecule has 49 heavy (non-hydrogen) atoms. The number of para-hydroxylation sites is 1. The number of anilines is 3. The quantitative estimate of drug-likeness (QED) is 0.0733. The number of oxazole rings is 1. The number of carbonyl (C=O) groups is 1. The third kappa shape index (κ3) is 7.10. The number of carbonyl (C=O) groups excluding carboxylic acids is 1. The number of aromatic hydroxyl groups is 1. The van der Waals surface area contributed by atoms with Crippen molar-refractivity contribution in [3.05, 3.63) is 143 Å². The average molecular weight is 653 g/mol. The number of aromatic nitrogens is 3. The monoisotopic (exact) mass is 652 g/mol. The number of nitrogens with zero attached hydrogens (tertiary/aromatic N) is 4. The Hall–Kier alpha value is -7.28. The van der Waals surface area contributed by atoms with Crippen molar-refractivity contribution in [2.45, 2.75) is 0 Å². The van der Waals surface area contributed by atoms with Gasteiger partial charge in [0.25, 0.3) is 5.91 Å². The minimum Gasteiger partial charge on any atom is -0.508 e. The number of hydrogen-bond donors (Lipinski definition) is 3. The average Bonchev–Trinajstić information content (AvgIpc) is 3.81. The van der Waals surface area contributed by atoms with Crippen LogP contribution in [0.5, 0.6) is 17.2 Å². The molecule has 7 rings (SSSR count). The number of hydrogen-bond acceptors (Lipinski definition) is 11. The van der Waals surface area contributed by atoms with Crippen molar-refractivity contribution < 1.29 is 28.4 Å². The van der Waals surface area contributed by atoms with Crippen LogP contribution in [0.3, 0.4) is 0 Å². The van der Waals surface area contributed by atoms with Crippen LogP contribution in [0.15, 0.2) is 124 Å². The van der Waals surface area contributed by atoms with Crippen molar-refractivity contribution in [2.75, 3.05) is 10.6 Å². The van der Waals surface area contributed by atoms with E-state index < -0.39 is 10.8 Å². The lowest BCUT2D eigenvalue weighted by Crippen LogP contribution is -2.12. The summed E-state index contributed by atoms with van der Waals surface area (Å²) < 4.78 is 16.6. The molecule has 0 bridgehead atoms. The Labute approximate surface area is 277 Å².